The lowest BCUT2D eigenvalue weighted by Crippen LogP contribution is -2.43. The number of hydrogen-bond donors (Lipinski definition) is 0. The van der Waals surface area contributed by atoms with Crippen LogP contribution >= 0.6 is 0 Å². The van der Waals surface area contributed by atoms with Crippen LogP contribution in [0, 0.1) is 5.92 Å². The maximum atomic E-state index is 12.7. The molecular formula is C24H25NO6. The minimum absolute atomic E-state index is 0.0609. The van der Waals surface area contributed by atoms with Crippen LogP contribution in [0.5, 0.6) is 17.2 Å². The Bertz CT molecular complexity index is 1090. The first-order valence-electron chi connectivity index (χ1n) is 10.3. The second-order valence-electron chi connectivity index (χ2n) is 7.58. The molecule has 0 saturated carbocycles. The van der Waals surface area contributed by atoms with Gasteiger partial charge in [0.1, 0.15) is 22.8 Å². The number of amides is 1. The largest absolute Gasteiger partial charge is 0.497 e. The number of ether oxygens (including phenoxy) is 3. The number of rotatable bonds is 7. The van der Waals surface area contributed by atoms with E-state index in [1.54, 1.807) is 31.4 Å². The first-order chi connectivity index (χ1) is 15.1. The van der Waals surface area contributed by atoms with Gasteiger partial charge in [-0.3, -0.25) is 4.79 Å². The lowest BCUT2D eigenvalue weighted by atomic mass is 9.99. The fourth-order valence-electron chi connectivity index (χ4n) is 3.68. The monoisotopic (exact) mass is 423 g/mol. The molecule has 1 saturated heterocycles. The van der Waals surface area contributed by atoms with E-state index in [1.807, 2.05) is 29.2 Å². The van der Waals surface area contributed by atoms with Crippen LogP contribution in [-0.2, 0) is 4.79 Å². The molecule has 0 aliphatic carbocycles. The average molecular weight is 423 g/mol. The fourth-order valence-corrected chi connectivity index (χ4v) is 3.68. The normalized spacial score (nSPS) is 16.2. The maximum absolute atomic E-state index is 12.7. The highest BCUT2D eigenvalue weighted by Gasteiger charge is 2.24. The maximum Gasteiger partial charge on any atom is 0.336 e. The van der Waals surface area contributed by atoms with E-state index in [-0.39, 0.29) is 18.4 Å². The van der Waals surface area contributed by atoms with Crippen molar-refractivity contribution in [1.29, 1.82) is 0 Å². The van der Waals surface area contributed by atoms with Crippen molar-refractivity contribution in [3.63, 3.8) is 0 Å². The molecule has 162 valence electrons. The van der Waals surface area contributed by atoms with Crippen LogP contribution in [0.2, 0.25) is 0 Å². The Kier molecular flexibility index (Phi) is 6.40. The Morgan fingerprint density at radius 3 is 2.58 bits per heavy atom. The predicted octanol–water partition coefficient (Wildman–Crippen LogP) is 3.50. The van der Waals surface area contributed by atoms with E-state index in [2.05, 4.69) is 0 Å². The van der Waals surface area contributed by atoms with Gasteiger partial charge in [-0.05, 0) is 55.3 Å². The first-order valence-corrected chi connectivity index (χ1v) is 10.3. The van der Waals surface area contributed by atoms with E-state index >= 15 is 0 Å². The molecule has 1 aliphatic heterocycles. The summed E-state index contributed by atoms with van der Waals surface area (Å²) in [6.07, 6.45) is 1.95. The van der Waals surface area contributed by atoms with Crippen LogP contribution in [0.15, 0.2) is 63.8 Å². The third-order valence-electron chi connectivity index (χ3n) is 5.37. The van der Waals surface area contributed by atoms with Crippen molar-refractivity contribution < 1.29 is 23.4 Å². The summed E-state index contributed by atoms with van der Waals surface area (Å²) in [6.45, 7) is 1.86. The zero-order valence-electron chi connectivity index (χ0n) is 17.4. The Morgan fingerprint density at radius 2 is 1.77 bits per heavy atom. The van der Waals surface area contributed by atoms with Gasteiger partial charge >= 0.3 is 5.63 Å². The Hall–Kier alpha value is -3.48. The number of nitrogens with zero attached hydrogens (tertiary/aromatic N) is 1. The van der Waals surface area contributed by atoms with Crippen molar-refractivity contribution in [2.24, 2.45) is 5.92 Å². The number of carbonyl (C=O) groups is 1. The van der Waals surface area contributed by atoms with E-state index in [0.29, 0.717) is 31.0 Å². The molecule has 31 heavy (non-hydrogen) atoms. The summed E-state index contributed by atoms with van der Waals surface area (Å²) < 4.78 is 21.9. The highest BCUT2D eigenvalue weighted by Crippen LogP contribution is 2.22. The molecule has 1 aromatic heterocycles. The predicted molar refractivity (Wildman–Crippen MR) is 116 cm³/mol. The summed E-state index contributed by atoms with van der Waals surface area (Å²) in [4.78, 5) is 25.9. The topological polar surface area (TPSA) is 78.2 Å². The smallest absolute Gasteiger partial charge is 0.336 e. The molecule has 1 amide bonds. The van der Waals surface area contributed by atoms with Gasteiger partial charge in [-0.2, -0.15) is 0 Å². The number of benzene rings is 2. The van der Waals surface area contributed by atoms with Gasteiger partial charge in [0.05, 0.1) is 13.7 Å². The molecule has 2 heterocycles. The van der Waals surface area contributed by atoms with E-state index in [1.165, 1.54) is 6.07 Å². The van der Waals surface area contributed by atoms with Gasteiger partial charge < -0.3 is 23.5 Å². The minimum atomic E-state index is -0.419. The number of fused-ring (bicyclic) bond motifs is 1. The molecule has 3 aromatic rings. The Balaban J connectivity index is 1.28. The standard InChI is InChI=1S/C24H25NO6/c1-28-19-7-9-20(10-8-19)29-15-17-3-2-12-25(14-17)23(26)16-30-21-6-4-18-5-11-24(27)31-22(18)13-21/h4-11,13,17H,2-3,12,14-16H2,1H3. The van der Waals surface area contributed by atoms with E-state index in [4.69, 9.17) is 18.6 Å². The first kappa shape index (κ1) is 20.8. The van der Waals surface area contributed by atoms with Crippen molar-refractivity contribution in [1.82, 2.24) is 4.90 Å². The molecule has 0 N–H and O–H groups in total. The number of likely N-dealkylation sites (tertiary alicyclic amines) is 1. The van der Waals surface area contributed by atoms with E-state index < -0.39 is 5.63 Å². The van der Waals surface area contributed by atoms with Crippen LogP contribution in [0.25, 0.3) is 11.0 Å². The van der Waals surface area contributed by atoms with Crippen LogP contribution in [0.1, 0.15) is 12.8 Å². The number of piperidine rings is 1. The quantitative estimate of drug-likeness (QED) is 0.542. The summed E-state index contributed by atoms with van der Waals surface area (Å²) >= 11 is 0. The summed E-state index contributed by atoms with van der Waals surface area (Å²) in [6, 6.07) is 15.7. The van der Waals surface area contributed by atoms with Crippen molar-refractivity contribution in [2.75, 3.05) is 33.4 Å². The number of carbonyl (C=O) groups excluding carboxylic acids is 1. The van der Waals surface area contributed by atoms with Crippen LogP contribution < -0.4 is 19.8 Å². The number of hydrogen-bond acceptors (Lipinski definition) is 6. The highest BCUT2D eigenvalue weighted by atomic mass is 16.5. The third-order valence-corrected chi connectivity index (χ3v) is 5.37. The molecule has 0 radical (unpaired) electrons. The molecule has 1 aliphatic rings. The van der Waals surface area contributed by atoms with Gasteiger partial charge in [0, 0.05) is 36.5 Å². The molecule has 0 bridgehead atoms. The highest BCUT2D eigenvalue weighted by molar-refractivity contribution is 5.79. The zero-order chi connectivity index (χ0) is 21.6. The third kappa shape index (κ3) is 5.36. The molecule has 4 rings (SSSR count). The minimum Gasteiger partial charge on any atom is -0.497 e. The summed E-state index contributed by atoms with van der Waals surface area (Å²) in [5.74, 6) is 2.27. The van der Waals surface area contributed by atoms with Gasteiger partial charge in [-0.25, -0.2) is 4.79 Å². The zero-order valence-corrected chi connectivity index (χ0v) is 17.4. The van der Waals surface area contributed by atoms with Crippen LogP contribution in [0.4, 0.5) is 0 Å². The molecule has 7 nitrogen and oxygen atoms in total. The summed E-state index contributed by atoms with van der Waals surface area (Å²) in [7, 11) is 1.63. The molecular weight excluding hydrogens is 398 g/mol. The van der Waals surface area contributed by atoms with Crippen molar-refractivity contribution in [2.45, 2.75) is 12.8 Å². The number of methoxy groups -OCH3 is 1. The van der Waals surface area contributed by atoms with Crippen molar-refractivity contribution in [3.8, 4) is 17.2 Å². The van der Waals surface area contributed by atoms with E-state index in [0.717, 1.165) is 29.7 Å². The lowest BCUT2D eigenvalue weighted by molar-refractivity contribution is -0.135. The second-order valence-corrected chi connectivity index (χ2v) is 7.58. The Morgan fingerprint density at radius 1 is 1.03 bits per heavy atom. The molecule has 7 heteroatoms. The fraction of sp³-hybridized carbons (Fsp3) is 0.333. The van der Waals surface area contributed by atoms with Gasteiger partial charge in [-0.15, -0.1) is 0 Å². The lowest BCUT2D eigenvalue weighted by Gasteiger charge is -2.32. The Labute approximate surface area is 180 Å². The average Bonchev–Trinajstić information content (AvgIpc) is 2.81. The summed E-state index contributed by atoms with van der Waals surface area (Å²) in [5, 5.41) is 0.800. The van der Waals surface area contributed by atoms with E-state index in [9.17, 15) is 9.59 Å². The van der Waals surface area contributed by atoms with Crippen molar-refractivity contribution in [3.05, 3.63) is 65.0 Å². The summed E-state index contributed by atoms with van der Waals surface area (Å²) in [5.41, 5.74) is 0.0168. The molecule has 1 atom stereocenters. The van der Waals surface area contributed by atoms with Crippen molar-refractivity contribution >= 4 is 16.9 Å². The molecule has 2 aromatic carbocycles. The van der Waals surface area contributed by atoms with Gasteiger partial charge in [-0.1, -0.05) is 0 Å². The second kappa shape index (κ2) is 9.55. The molecule has 1 unspecified atom stereocenters. The van der Waals surface area contributed by atoms with Gasteiger partial charge in [0.25, 0.3) is 5.91 Å². The van der Waals surface area contributed by atoms with Gasteiger partial charge in [0.15, 0.2) is 6.61 Å². The molecule has 0 spiro atoms. The van der Waals surface area contributed by atoms with Gasteiger partial charge in [0.2, 0.25) is 0 Å². The SMILES string of the molecule is COc1ccc(OCC2CCCN(C(=O)COc3ccc4ccc(=O)oc4c3)C2)cc1. The van der Waals surface area contributed by atoms with Crippen LogP contribution in [-0.4, -0.2) is 44.2 Å². The van der Waals surface area contributed by atoms with Crippen LogP contribution in [0.3, 0.4) is 0 Å². The molecule has 1 fully saturated rings.